The molecule has 5 heteroatoms. The lowest BCUT2D eigenvalue weighted by Gasteiger charge is -2.67. The summed E-state index contributed by atoms with van der Waals surface area (Å²) in [7, 11) is 1.48. The predicted molar refractivity (Wildman–Crippen MR) is 98.5 cm³/mol. The van der Waals surface area contributed by atoms with E-state index >= 15 is 0 Å². The lowest BCUT2D eigenvalue weighted by molar-refractivity contribution is -0.310. The number of allylic oxidation sites excluding steroid dienone is 3. The molecule has 0 aromatic carbocycles. The second-order valence-electron chi connectivity index (χ2n) is 8.91. The van der Waals surface area contributed by atoms with Crippen LogP contribution in [0.5, 0.6) is 0 Å². The molecule has 3 aliphatic rings. The van der Waals surface area contributed by atoms with Crippen molar-refractivity contribution in [3.05, 3.63) is 24.3 Å². The van der Waals surface area contributed by atoms with E-state index in [2.05, 4.69) is 19.6 Å². The molecule has 146 valence electrons. The molecule has 2 saturated carbocycles. The van der Waals surface area contributed by atoms with Crippen LogP contribution in [0, 0.1) is 28.6 Å². The van der Waals surface area contributed by atoms with E-state index in [1.54, 1.807) is 6.92 Å². The SMILES string of the molecule is C=CC1=CC[C@H]2[C@@H](C[C@@H](O)[C@@]3(O)[C@@](C)(C(=O)O)[C@@H](OC)CC[C@]23C)[C@H]1C. The number of carboxylic acids is 1. The van der Waals surface area contributed by atoms with Crippen molar-refractivity contribution in [2.45, 2.75) is 64.3 Å². The molecule has 3 N–H and O–H groups in total. The highest BCUT2D eigenvalue weighted by molar-refractivity contribution is 5.78. The quantitative estimate of drug-likeness (QED) is 0.717. The van der Waals surface area contributed by atoms with Crippen LogP contribution in [0.4, 0.5) is 0 Å². The second-order valence-corrected chi connectivity index (χ2v) is 8.91. The summed E-state index contributed by atoms with van der Waals surface area (Å²) >= 11 is 0. The smallest absolute Gasteiger partial charge is 0.315 e. The van der Waals surface area contributed by atoms with Crippen molar-refractivity contribution in [2.75, 3.05) is 7.11 Å². The lowest BCUT2D eigenvalue weighted by Crippen LogP contribution is -2.77. The van der Waals surface area contributed by atoms with Gasteiger partial charge in [0.25, 0.3) is 0 Å². The van der Waals surface area contributed by atoms with E-state index in [1.807, 2.05) is 13.0 Å². The Morgan fingerprint density at radius 3 is 2.62 bits per heavy atom. The molecular formula is C21H32O5. The summed E-state index contributed by atoms with van der Waals surface area (Å²) in [4.78, 5) is 12.3. The molecule has 0 bridgehead atoms. The van der Waals surface area contributed by atoms with Crippen molar-refractivity contribution in [1.29, 1.82) is 0 Å². The monoisotopic (exact) mass is 364 g/mol. The number of hydrogen-bond donors (Lipinski definition) is 3. The van der Waals surface area contributed by atoms with E-state index in [-0.39, 0.29) is 17.8 Å². The predicted octanol–water partition coefficient (Wildman–Crippen LogP) is 2.77. The third kappa shape index (κ3) is 2.11. The van der Waals surface area contributed by atoms with Gasteiger partial charge in [0.2, 0.25) is 0 Å². The molecule has 0 aliphatic heterocycles. The zero-order valence-corrected chi connectivity index (χ0v) is 16.2. The molecule has 0 aromatic heterocycles. The summed E-state index contributed by atoms with van der Waals surface area (Å²) < 4.78 is 5.49. The van der Waals surface area contributed by atoms with Crippen molar-refractivity contribution < 1.29 is 24.9 Å². The average molecular weight is 364 g/mol. The van der Waals surface area contributed by atoms with Gasteiger partial charge in [-0.3, -0.25) is 4.79 Å². The maximum Gasteiger partial charge on any atom is 0.315 e. The van der Waals surface area contributed by atoms with E-state index in [1.165, 1.54) is 12.7 Å². The first-order valence-electron chi connectivity index (χ1n) is 9.58. The zero-order chi connectivity index (χ0) is 19.5. The highest BCUT2D eigenvalue weighted by Crippen LogP contribution is 2.66. The second kappa shape index (κ2) is 6.18. The van der Waals surface area contributed by atoms with Gasteiger partial charge in [0.05, 0.1) is 12.2 Å². The molecule has 0 amide bonds. The first-order valence-corrected chi connectivity index (χ1v) is 9.58. The molecule has 3 rings (SSSR count). The molecule has 0 saturated heterocycles. The number of aliphatic hydroxyl groups is 2. The molecule has 3 aliphatic carbocycles. The van der Waals surface area contributed by atoms with Gasteiger partial charge in [-0.2, -0.15) is 0 Å². The van der Waals surface area contributed by atoms with E-state index in [0.717, 1.165) is 6.42 Å². The van der Waals surface area contributed by atoms with E-state index in [0.29, 0.717) is 19.3 Å². The van der Waals surface area contributed by atoms with Crippen molar-refractivity contribution in [1.82, 2.24) is 0 Å². The Morgan fingerprint density at radius 2 is 2.08 bits per heavy atom. The minimum atomic E-state index is -1.74. The van der Waals surface area contributed by atoms with Gasteiger partial charge < -0.3 is 20.1 Å². The number of fused-ring (bicyclic) bond motifs is 3. The first-order chi connectivity index (χ1) is 12.1. The Morgan fingerprint density at radius 1 is 1.42 bits per heavy atom. The van der Waals surface area contributed by atoms with Crippen LogP contribution >= 0.6 is 0 Å². The number of carbonyl (C=O) groups is 1. The fourth-order valence-corrected chi connectivity index (χ4v) is 6.62. The van der Waals surface area contributed by atoms with Crippen molar-refractivity contribution in [2.24, 2.45) is 28.6 Å². The molecule has 0 radical (unpaired) electrons. The maximum absolute atomic E-state index is 12.3. The lowest BCUT2D eigenvalue weighted by atomic mass is 9.40. The minimum absolute atomic E-state index is 0.117. The zero-order valence-electron chi connectivity index (χ0n) is 16.2. The Kier molecular flexibility index (Phi) is 4.66. The Hall–Kier alpha value is -1.17. The van der Waals surface area contributed by atoms with Crippen LogP contribution in [0.1, 0.15) is 46.5 Å². The van der Waals surface area contributed by atoms with E-state index in [9.17, 15) is 20.1 Å². The number of aliphatic carboxylic acids is 1. The van der Waals surface area contributed by atoms with Crippen LogP contribution in [0.3, 0.4) is 0 Å². The van der Waals surface area contributed by atoms with Crippen LogP contribution in [0.25, 0.3) is 0 Å². The minimum Gasteiger partial charge on any atom is -0.481 e. The molecule has 0 heterocycles. The number of carboxylic acid groups (broad SMARTS) is 1. The van der Waals surface area contributed by atoms with Gasteiger partial charge >= 0.3 is 5.97 Å². The topological polar surface area (TPSA) is 87.0 Å². The molecule has 8 atom stereocenters. The van der Waals surface area contributed by atoms with Crippen molar-refractivity contribution in [3.8, 4) is 0 Å². The van der Waals surface area contributed by atoms with Crippen LogP contribution < -0.4 is 0 Å². The average Bonchev–Trinajstić information content (AvgIpc) is 2.60. The van der Waals surface area contributed by atoms with Crippen LogP contribution in [-0.4, -0.2) is 46.2 Å². The Bertz CT molecular complexity index is 642. The van der Waals surface area contributed by atoms with Gasteiger partial charge in [-0.1, -0.05) is 32.6 Å². The van der Waals surface area contributed by atoms with E-state index in [4.69, 9.17) is 4.74 Å². The summed E-state index contributed by atoms with van der Waals surface area (Å²) in [5.74, 6) is -0.559. The summed E-state index contributed by atoms with van der Waals surface area (Å²) in [6, 6.07) is 0. The molecule has 0 aromatic rings. The Labute approximate surface area is 155 Å². The number of methoxy groups -OCH3 is 1. The molecule has 0 unspecified atom stereocenters. The number of rotatable bonds is 3. The maximum atomic E-state index is 12.3. The summed E-state index contributed by atoms with van der Waals surface area (Å²) in [5.41, 5.74) is -2.83. The van der Waals surface area contributed by atoms with Crippen LogP contribution in [-0.2, 0) is 9.53 Å². The van der Waals surface area contributed by atoms with Crippen molar-refractivity contribution >= 4 is 5.97 Å². The van der Waals surface area contributed by atoms with Crippen LogP contribution in [0.2, 0.25) is 0 Å². The van der Waals surface area contributed by atoms with Gasteiger partial charge in [-0.25, -0.2) is 0 Å². The number of hydrogen-bond acceptors (Lipinski definition) is 4. The highest BCUT2D eigenvalue weighted by atomic mass is 16.5. The molecule has 2 fully saturated rings. The van der Waals surface area contributed by atoms with Gasteiger partial charge in [0.1, 0.15) is 11.0 Å². The van der Waals surface area contributed by atoms with Gasteiger partial charge in [0, 0.05) is 12.5 Å². The molecule has 0 spiro atoms. The fraction of sp³-hybridized carbons (Fsp3) is 0.762. The van der Waals surface area contributed by atoms with Gasteiger partial charge in [-0.15, -0.1) is 0 Å². The number of ether oxygens (including phenoxy) is 1. The first kappa shape index (κ1) is 19.6. The highest BCUT2D eigenvalue weighted by Gasteiger charge is 2.74. The normalized spacial score (nSPS) is 51.0. The third-order valence-electron chi connectivity index (χ3n) is 8.29. The molecule has 26 heavy (non-hydrogen) atoms. The standard InChI is InChI=1S/C21H32O5/c1-6-13-7-8-15-14(12(13)2)11-16(22)21(25)19(15,3)10-9-17(26-5)20(21,4)18(23)24/h6-7,12,14-17,22,25H,1,8-11H2,2-5H3,(H,23,24)/t12-,14-,15-,16+,17-,19+,20+,21-/m0/s1. The summed E-state index contributed by atoms with van der Waals surface area (Å²) in [6.07, 6.45) is 4.65. The van der Waals surface area contributed by atoms with Crippen molar-refractivity contribution in [3.63, 3.8) is 0 Å². The molecule has 5 nitrogen and oxygen atoms in total. The van der Waals surface area contributed by atoms with Crippen LogP contribution in [0.15, 0.2) is 24.3 Å². The van der Waals surface area contributed by atoms with Gasteiger partial charge in [0.15, 0.2) is 0 Å². The number of aliphatic hydroxyl groups excluding tert-OH is 1. The van der Waals surface area contributed by atoms with E-state index < -0.39 is 34.6 Å². The largest absolute Gasteiger partial charge is 0.481 e. The molecular weight excluding hydrogens is 332 g/mol. The third-order valence-corrected chi connectivity index (χ3v) is 8.29. The summed E-state index contributed by atoms with van der Waals surface area (Å²) in [6.45, 7) is 9.55. The Balaban J connectivity index is 2.16. The van der Waals surface area contributed by atoms with Gasteiger partial charge in [-0.05, 0) is 55.9 Å². The summed E-state index contributed by atoms with van der Waals surface area (Å²) in [5, 5.41) is 33.1. The fourth-order valence-electron chi connectivity index (χ4n) is 6.62.